The molecule has 2 fully saturated rings. The summed E-state index contributed by atoms with van der Waals surface area (Å²) in [5.74, 6) is 0. The number of amides is 1. The van der Waals surface area contributed by atoms with Gasteiger partial charge in [0.15, 0.2) is 0 Å². The minimum atomic E-state index is -0.432. The summed E-state index contributed by atoms with van der Waals surface area (Å²) in [6, 6.07) is 0. The Labute approximate surface area is 109 Å². The molecule has 4 heteroatoms. The number of hydrogen-bond donors (Lipinski definition) is 1. The Hall–Kier alpha value is -0.770. The van der Waals surface area contributed by atoms with Crippen molar-refractivity contribution in [3.63, 3.8) is 0 Å². The van der Waals surface area contributed by atoms with E-state index in [-0.39, 0.29) is 17.6 Å². The average Bonchev–Trinajstić information content (AvgIpc) is 2.59. The van der Waals surface area contributed by atoms with Gasteiger partial charge < -0.3 is 14.7 Å². The Balaban J connectivity index is 1.93. The van der Waals surface area contributed by atoms with E-state index in [0.29, 0.717) is 0 Å². The number of carbonyl (C=O) groups is 1. The molecule has 1 N–H and O–H groups in total. The monoisotopic (exact) mass is 255 g/mol. The molecule has 2 aliphatic rings. The van der Waals surface area contributed by atoms with Crippen molar-refractivity contribution >= 4 is 6.09 Å². The Kier molecular flexibility index (Phi) is 3.58. The number of aliphatic hydroxyl groups is 1. The molecule has 1 aliphatic carbocycles. The molecule has 1 heterocycles. The van der Waals surface area contributed by atoms with E-state index in [1.54, 1.807) is 0 Å². The fraction of sp³-hybridized carbons (Fsp3) is 0.929. The number of nitrogens with zero attached hydrogens (tertiary/aromatic N) is 1. The van der Waals surface area contributed by atoms with Crippen LogP contribution >= 0.6 is 0 Å². The van der Waals surface area contributed by atoms with Crippen molar-refractivity contribution in [2.24, 2.45) is 5.41 Å². The van der Waals surface area contributed by atoms with Crippen LogP contribution in [0.4, 0.5) is 4.79 Å². The summed E-state index contributed by atoms with van der Waals surface area (Å²) >= 11 is 0. The number of ether oxygens (including phenoxy) is 1. The zero-order valence-corrected chi connectivity index (χ0v) is 11.7. The first-order valence-electron chi connectivity index (χ1n) is 6.96. The molecule has 0 aromatic rings. The third-order valence-corrected chi connectivity index (χ3v) is 4.00. The van der Waals surface area contributed by atoms with Gasteiger partial charge in [-0.2, -0.15) is 0 Å². The number of likely N-dealkylation sites (tertiary alicyclic amines) is 1. The molecule has 1 spiro atoms. The van der Waals surface area contributed by atoms with Crippen molar-refractivity contribution in [3.05, 3.63) is 0 Å². The second-order valence-corrected chi connectivity index (χ2v) is 6.90. The molecule has 0 radical (unpaired) electrons. The normalized spacial score (nSPS) is 32.9. The second-order valence-electron chi connectivity index (χ2n) is 6.90. The van der Waals surface area contributed by atoms with Gasteiger partial charge in [-0.25, -0.2) is 4.79 Å². The molecule has 1 amide bonds. The van der Waals surface area contributed by atoms with Crippen LogP contribution in [0.5, 0.6) is 0 Å². The first-order chi connectivity index (χ1) is 8.30. The summed E-state index contributed by atoms with van der Waals surface area (Å²) < 4.78 is 5.41. The highest BCUT2D eigenvalue weighted by Crippen LogP contribution is 2.44. The van der Waals surface area contributed by atoms with Crippen LogP contribution in [0, 0.1) is 5.41 Å². The maximum absolute atomic E-state index is 12.0. The smallest absolute Gasteiger partial charge is 0.410 e. The summed E-state index contributed by atoms with van der Waals surface area (Å²) in [5, 5.41) is 9.81. The summed E-state index contributed by atoms with van der Waals surface area (Å²) in [5.41, 5.74) is -0.284. The van der Waals surface area contributed by atoms with Crippen molar-refractivity contribution in [1.82, 2.24) is 4.90 Å². The van der Waals surface area contributed by atoms with Gasteiger partial charge in [-0.05, 0) is 51.9 Å². The van der Waals surface area contributed by atoms with Crippen LogP contribution in [0.15, 0.2) is 0 Å². The molecule has 2 atom stereocenters. The van der Waals surface area contributed by atoms with Crippen LogP contribution in [-0.4, -0.2) is 40.9 Å². The van der Waals surface area contributed by atoms with Gasteiger partial charge >= 0.3 is 6.09 Å². The summed E-state index contributed by atoms with van der Waals surface area (Å²) in [7, 11) is 0. The lowest BCUT2D eigenvalue weighted by atomic mass is 9.72. The van der Waals surface area contributed by atoms with Gasteiger partial charge in [-0.1, -0.05) is 6.42 Å². The largest absolute Gasteiger partial charge is 0.444 e. The molecule has 0 aromatic heterocycles. The summed E-state index contributed by atoms with van der Waals surface area (Å²) in [4.78, 5) is 13.8. The number of aliphatic hydroxyl groups excluding tert-OH is 1. The molecular formula is C14H25NO3. The van der Waals surface area contributed by atoms with Crippen LogP contribution < -0.4 is 0 Å². The molecule has 1 aliphatic heterocycles. The Morgan fingerprint density at radius 1 is 1.39 bits per heavy atom. The Morgan fingerprint density at radius 2 is 2.11 bits per heavy atom. The van der Waals surface area contributed by atoms with E-state index in [1.165, 1.54) is 0 Å². The summed E-state index contributed by atoms with van der Waals surface area (Å²) in [6.45, 7) is 7.18. The van der Waals surface area contributed by atoms with Gasteiger partial charge in [0.25, 0.3) is 0 Å². The molecule has 0 aromatic carbocycles. The first-order valence-corrected chi connectivity index (χ1v) is 6.96. The Morgan fingerprint density at radius 3 is 2.72 bits per heavy atom. The maximum Gasteiger partial charge on any atom is 0.410 e. The van der Waals surface area contributed by atoms with Crippen molar-refractivity contribution in [1.29, 1.82) is 0 Å². The van der Waals surface area contributed by atoms with Crippen molar-refractivity contribution in [2.45, 2.75) is 64.6 Å². The maximum atomic E-state index is 12.0. The lowest BCUT2D eigenvalue weighted by molar-refractivity contribution is 0.0198. The zero-order valence-electron chi connectivity index (χ0n) is 11.7. The molecule has 1 saturated heterocycles. The van der Waals surface area contributed by atoms with Crippen LogP contribution in [0.2, 0.25) is 0 Å². The minimum Gasteiger partial charge on any atom is -0.444 e. The van der Waals surface area contributed by atoms with E-state index in [0.717, 1.165) is 45.2 Å². The minimum absolute atomic E-state index is 0.147. The van der Waals surface area contributed by atoms with Crippen LogP contribution in [0.3, 0.4) is 0 Å². The highest BCUT2D eigenvalue weighted by molar-refractivity contribution is 5.68. The van der Waals surface area contributed by atoms with E-state index in [9.17, 15) is 9.90 Å². The predicted octanol–water partition coefficient (Wildman–Crippen LogP) is 2.55. The van der Waals surface area contributed by atoms with Gasteiger partial charge in [0.1, 0.15) is 5.60 Å². The van der Waals surface area contributed by atoms with Crippen LogP contribution in [0.1, 0.15) is 52.9 Å². The van der Waals surface area contributed by atoms with Crippen molar-refractivity contribution < 1.29 is 14.6 Å². The lowest BCUT2D eigenvalue weighted by Gasteiger charge is -2.36. The third-order valence-electron chi connectivity index (χ3n) is 4.00. The van der Waals surface area contributed by atoms with Crippen molar-refractivity contribution in [2.75, 3.05) is 13.1 Å². The van der Waals surface area contributed by atoms with E-state index in [1.807, 2.05) is 25.7 Å². The van der Waals surface area contributed by atoms with Crippen molar-refractivity contribution in [3.8, 4) is 0 Å². The average molecular weight is 255 g/mol. The highest BCUT2D eigenvalue weighted by Gasteiger charge is 2.43. The lowest BCUT2D eigenvalue weighted by Crippen LogP contribution is -2.39. The van der Waals surface area contributed by atoms with E-state index in [2.05, 4.69) is 0 Å². The first kappa shape index (κ1) is 13.7. The Bertz CT molecular complexity index is 323. The highest BCUT2D eigenvalue weighted by atomic mass is 16.6. The van der Waals surface area contributed by atoms with Gasteiger partial charge in [-0.15, -0.1) is 0 Å². The van der Waals surface area contributed by atoms with Gasteiger partial charge in [0.05, 0.1) is 6.10 Å². The van der Waals surface area contributed by atoms with Crippen LogP contribution in [0.25, 0.3) is 0 Å². The molecular weight excluding hydrogens is 230 g/mol. The number of hydrogen-bond acceptors (Lipinski definition) is 3. The van der Waals surface area contributed by atoms with Gasteiger partial charge in [0, 0.05) is 13.1 Å². The van der Waals surface area contributed by atoms with E-state index in [4.69, 9.17) is 4.74 Å². The fourth-order valence-corrected chi connectivity index (χ4v) is 3.20. The molecule has 2 rings (SSSR count). The van der Waals surface area contributed by atoms with E-state index < -0.39 is 5.60 Å². The van der Waals surface area contributed by atoms with Gasteiger partial charge in [-0.3, -0.25) is 0 Å². The van der Waals surface area contributed by atoms with Crippen LogP contribution in [-0.2, 0) is 4.74 Å². The number of rotatable bonds is 0. The van der Waals surface area contributed by atoms with E-state index >= 15 is 0 Å². The third kappa shape index (κ3) is 3.16. The molecule has 4 nitrogen and oxygen atoms in total. The van der Waals surface area contributed by atoms with Gasteiger partial charge in [0.2, 0.25) is 0 Å². The molecule has 18 heavy (non-hydrogen) atoms. The zero-order chi connectivity index (χ0) is 13.4. The molecule has 104 valence electrons. The second kappa shape index (κ2) is 4.72. The topological polar surface area (TPSA) is 49.8 Å². The number of carbonyl (C=O) groups excluding carboxylic acids is 1. The standard InChI is InChI=1S/C14H25NO3/c1-13(2,3)18-12(17)15-8-7-14(10-15)6-4-5-11(16)9-14/h11,16H,4-10H2,1-3H3. The fourth-order valence-electron chi connectivity index (χ4n) is 3.20. The SMILES string of the molecule is CC(C)(C)OC(=O)N1CCC2(CCCC(O)C2)C1. The molecule has 2 unspecified atom stereocenters. The predicted molar refractivity (Wildman–Crippen MR) is 69.3 cm³/mol. The summed E-state index contributed by atoms with van der Waals surface area (Å²) in [6.07, 6.45) is 4.56. The quantitative estimate of drug-likeness (QED) is 0.723. The molecule has 1 saturated carbocycles. The molecule has 0 bridgehead atoms.